The summed E-state index contributed by atoms with van der Waals surface area (Å²) in [6.07, 6.45) is -0.593. The smallest absolute Gasteiger partial charge is 0.407 e. The van der Waals surface area contributed by atoms with Gasteiger partial charge in [-0.1, -0.05) is 97.1 Å². The fraction of sp³-hybridized carbons (Fsp3) is 0.310. The molecule has 2 aliphatic rings. The van der Waals surface area contributed by atoms with Crippen molar-refractivity contribution in [2.45, 2.75) is 63.1 Å². The number of carbonyl (C=O) groups is 5. The number of fused-ring (bicyclic) bond motifs is 6. The van der Waals surface area contributed by atoms with Crippen molar-refractivity contribution < 1.29 is 38.6 Å². The highest BCUT2D eigenvalue weighted by Gasteiger charge is 2.31. The number of carbonyl (C=O) groups excluding carboxylic acids is 4. The summed E-state index contributed by atoms with van der Waals surface area (Å²) in [6, 6.07) is 28.8. The highest BCUT2D eigenvalue weighted by molar-refractivity contribution is 5.89. The second-order valence-corrected chi connectivity index (χ2v) is 13.6. The van der Waals surface area contributed by atoms with E-state index in [9.17, 15) is 29.1 Å². The molecule has 0 saturated carbocycles. The maximum absolute atomic E-state index is 12.8. The molecule has 5 N–H and O–H groups in total. The van der Waals surface area contributed by atoms with Crippen LogP contribution in [0.5, 0.6) is 0 Å². The first-order valence-corrected chi connectivity index (χ1v) is 18.2. The molecule has 4 amide bonds. The van der Waals surface area contributed by atoms with Gasteiger partial charge in [0.25, 0.3) is 0 Å². The summed E-state index contributed by atoms with van der Waals surface area (Å²) < 4.78 is 11.0. The van der Waals surface area contributed by atoms with Crippen molar-refractivity contribution in [2.24, 2.45) is 0 Å². The lowest BCUT2D eigenvalue weighted by Crippen LogP contribution is -2.50. The van der Waals surface area contributed by atoms with Crippen molar-refractivity contribution in [1.29, 1.82) is 0 Å². The van der Waals surface area contributed by atoms with Gasteiger partial charge in [0.1, 0.15) is 31.3 Å². The van der Waals surface area contributed by atoms with E-state index in [1.165, 1.54) is 6.92 Å². The molecule has 6 rings (SSSR count). The maximum atomic E-state index is 12.8. The molecule has 280 valence electrons. The molecule has 12 heteroatoms. The Morgan fingerprint density at radius 2 is 0.963 bits per heavy atom. The van der Waals surface area contributed by atoms with E-state index in [-0.39, 0.29) is 38.0 Å². The number of rotatable bonds is 15. The minimum absolute atomic E-state index is 0.0761. The van der Waals surface area contributed by atoms with E-state index >= 15 is 0 Å². The number of carboxylic acid groups (broad SMARTS) is 1. The van der Waals surface area contributed by atoms with Crippen LogP contribution in [0, 0.1) is 0 Å². The molecule has 4 aromatic rings. The van der Waals surface area contributed by atoms with Crippen molar-refractivity contribution in [3.8, 4) is 22.3 Å². The van der Waals surface area contributed by atoms with E-state index in [1.807, 2.05) is 97.1 Å². The van der Waals surface area contributed by atoms with Crippen molar-refractivity contribution in [3.63, 3.8) is 0 Å². The number of aliphatic carboxylic acids is 1. The topological polar surface area (TPSA) is 172 Å². The van der Waals surface area contributed by atoms with Gasteiger partial charge in [-0.05, 0) is 77.6 Å². The number of hydrogen-bond donors (Lipinski definition) is 5. The van der Waals surface area contributed by atoms with Crippen LogP contribution in [0.25, 0.3) is 22.3 Å². The zero-order valence-electron chi connectivity index (χ0n) is 30.2. The first-order chi connectivity index (χ1) is 26.1. The molecule has 0 fully saturated rings. The Balaban J connectivity index is 0.873. The number of ether oxygens (including phenoxy) is 2. The first kappa shape index (κ1) is 37.6. The van der Waals surface area contributed by atoms with E-state index < -0.39 is 48.1 Å². The van der Waals surface area contributed by atoms with E-state index in [0.717, 1.165) is 44.5 Å². The lowest BCUT2D eigenvalue weighted by Gasteiger charge is -2.20. The Morgan fingerprint density at radius 3 is 1.37 bits per heavy atom. The average molecular weight is 733 g/mol. The molecule has 2 aliphatic carbocycles. The molecule has 4 aromatic carbocycles. The van der Waals surface area contributed by atoms with Crippen LogP contribution in [-0.2, 0) is 23.9 Å². The summed E-state index contributed by atoms with van der Waals surface area (Å²) >= 11 is 0. The number of hydrogen-bond acceptors (Lipinski definition) is 7. The number of alkyl carbamates (subject to hydrolysis) is 2. The summed E-state index contributed by atoms with van der Waals surface area (Å²) in [5, 5.41) is 20.0. The minimum atomic E-state index is -1.22. The summed E-state index contributed by atoms with van der Waals surface area (Å²) in [7, 11) is 0. The van der Waals surface area contributed by atoms with Crippen LogP contribution in [-0.4, -0.2) is 73.0 Å². The summed E-state index contributed by atoms with van der Waals surface area (Å²) in [6.45, 7) is 3.43. The van der Waals surface area contributed by atoms with Crippen LogP contribution in [0.4, 0.5) is 9.59 Å². The van der Waals surface area contributed by atoms with Gasteiger partial charge in [-0.3, -0.25) is 9.59 Å². The third-order valence-corrected chi connectivity index (χ3v) is 9.98. The van der Waals surface area contributed by atoms with Gasteiger partial charge in [-0.2, -0.15) is 0 Å². The van der Waals surface area contributed by atoms with Crippen molar-refractivity contribution in [3.05, 3.63) is 119 Å². The van der Waals surface area contributed by atoms with Gasteiger partial charge in [-0.25, -0.2) is 14.4 Å². The lowest BCUT2D eigenvalue weighted by atomic mass is 9.98. The van der Waals surface area contributed by atoms with Crippen molar-refractivity contribution in [2.75, 3.05) is 19.8 Å². The summed E-state index contributed by atoms with van der Waals surface area (Å²) in [4.78, 5) is 62.6. The monoisotopic (exact) mass is 732 g/mol. The van der Waals surface area contributed by atoms with Crippen LogP contribution in [0.2, 0.25) is 0 Å². The van der Waals surface area contributed by atoms with Gasteiger partial charge in [0.15, 0.2) is 0 Å². The van der Waals surface area contributed by atoms with Gasteiger partial charge in [0.05, 0.1) is 0 Å². The largest absolute Gasteiger partial charge is 0.480 e. The van der Waals surface area contributed by atoms with Crippen LogP contribution in [0.3, 0.4) is 0 Å². The van der Waals surface area contributed by atoms with E-state index in [4.69, 9.17) is 9.47 Å². The Hall–Kier alpha value is -6.17. The van der Waals surface area contributed by atoms with Crippen LogP contribution in [0.1, 0.15) is 67.2 Å². The quantitative estimate of drug-likeness (QED) is 0.0970. The number of unbranched alkanes of at least 4 members (excludes halogenated alkanes) is 1. The standard InChI is InChI=1S/C42H44N4O8/c1-25(44-41(51)53-23-35-31-17-7-3-13-27(31)28-14-4-8-18-32(28)35)38(47)43-22-12-11-21-37(40(49)50)46-39(48)26(2)45-42(52)54-24-36-33-19-9-5-15-29(33)30-16-6-10-20-34(30)36/h3-10,13-20,25-26,35-37H,11-12,21-24H2,1-2H3,(H,43,47)(H,44,51)(H,45,52)(H,46,48)(H,49,50)/t25-,26+,37+/m1/s1. The molecule has 0 heterocycles. The molecular weight excluding hydrogens is 688 g/mol. The van der Waals surface area contributed by atoms with Gasteiger partial charge in [0, 0.05) is 18.4 Å². The Bertz CT molecular complexity index is 1940. The molecule has 3 atom stereocenters. The number of carboxylic acids is 1. The third-order valence-electron chi connectivity index (χ3n) is 9.98. The first-order valence-electron chi connectivity index (χ1n) is 18.2. The molecule has 0 aliphatic heterocycles. The van der Waals surface area contributed by atoms with Crippen molar-refractivity contribution >= 4 is 30.0 Å². The molecule has 54 heavy (non-hydrogen) atoms. The molecule has 0 unspecified atom stereocenters. The predicted octanol–water partition coefficient (Wildman–Crippen LogP) is 5.70. The average Bonchev–Trinajstić information content (AvgIpc) is 3.67. The molecular formula is C42H44N4O8. The van der Waals surface area contributed by atoms with E-state index in [2.05, 4.69) is 21.3 Å². The number of amides is 4. The lowest BCUT2D eigenvalue weighted by molar-refractivity contribution is -0.142. The second-order valence-electron chi connectivity index (χ2n) is 13.6. The van der Waals surface area contributed by atoms with Gasteiger partial charge in [-0.15, -0.1) is 0 Å². The van der Waals surface area contributed by atoms with Crippen LogP contribution in [0.15, 0.2) is 97.1 Å². The molecule has 0 bridgehead atoms. The Labute approximate surface area is 313 Å². The second kappa shape index (κ2) is 17.1. The highest BCUT2D eigenvalue weighted by Crippen LogP contribution is 2.45. The third kappa shape index (κ3) is 8.54. The van der Waals surface area contributed by atoms with E-state index in [1.54, 1.807) is 6.92 Å². The molecule has 12 nitrogen and oxygen atoms in total. The Morgan fingerprint density at radius 1 is 0.574 bits per heavy atom. The maximum Gasteiger partial charge on any atom is 0.407 e. The van der Waals surface area contributed by atoms with Crippen molar-refractivity contribution in [1.82, 2.24) is 21.3 Å². The SMILES string of the molecule is C[C@H](NC(=O)OCC1c2ccccc2-c2ccccc21)C(=O)N[C@@H](CCCCNC(=O)[C@@H](C)NC(=O)OCC1c2ccccc2-c2ccccc21)C(=O)O. The fourth-order valence-corrected chi connectivity index (χ4v) is 7.16. The molecule has 0 saturated heterocycles. The van der Waals surface area contributed by atoms with Crippen LogP contribution >= 0.6 is 0 Å². The summed E-state index contributed by atoms with van der Waals surface area (Å²) in [5.41, 5.74) is 8.70. The zero-order chi connectivity index (χ0) is 38.2. The number of nitrogens with one attached hydrogen (secondary N) is 4. The Kier molecular flexibility index (Phi) is 11.9. The van der Waals surface area contributed by atoms with E-state index in [0.29, 0.717) is 12.8 Å². The van der Waals surface area contributed by atoms with Crippen LogP contribution < -0.4 is 21.3 Å². The van der Waals surface area contributed by atoms with Gasteiger partial charge < -0.3 is 35.8 Å². The number of benzene rings is 4. The minimum Gasteiger partial charge on any atom is -0.480 e. The molecule has 0 aromatic heterocycles. The van der Waals surface area contributed by atoms with Gasteiger partial charge >= 0.3 is 18.2 Å². The normalized spacial score (nSPS) is 14.3. The molecule has 0 spiro atoms. The zero-order valence-corrected chi connectivity index (χ0v) is 30.2. The molecule has 0 radical (unpaired) electrons. The fourth-order valence-electron chi connectivity index (χ4n) is 7.16. The summed E-state index contributed by atoms with van der Waals surface area (Å²) in [5.74, 6) is -2.56. The highest BCUT2D eigenvalue weighted by atomic mass is 16.6. The predicted molar refractivity (Wildman–Crippen MR) is 202 cm³/mol. The van der Waals surface area contributed by atoms with Gasteiger partial charge in [0.2, 0.25) is 11.8 Å².